The zero-order valence-electron chi connectivity index (χ0n) is 11.0. The molecule has 2 rings (SSSR count). The highest BCUT2D eigenvalue weighted by Crippen LogP contribution is 2.25. The summed E-state index contributed by atoms with van der Waals surface area (Å²) in [5.74, 6) is -0.120. The summed E-state index contributed by atoms with van der Waals surface area (Å²) in [5.41, 5.74) is 7.40. The molecular formula is C14H22FN3. The van der Waals surface area contributed by atoms with Gasteiger partial charge in [0.25, 0.3) is 0 Å². The van der Waals surface area contributed by atoms with Gasteiger partial charge in [-0.2, -0.15) is 0 Å². The Balaban J connectivity index is 2.25. The van der Waals surface area contributed by atoms with E-state index in [4.69, 9.17) is 5.73 Å². The molecule has 0 bridgehead atoms. The zero-order chi connectivity index (χ0) is 13.0. The number of rotatable bonds is 3. The quantitative estimate of drug-likeness (QED) is 0.883. The highest BCUT2D eigenvalue weighted by atomic mass is 19.1. The molecule has 3 nitrogen and oxygen atoms in total. The Hall–Kier alpha value is -1.13. The third-order valence-corrected chi connectivity index (χ3v) is 3.52. The number of benzene rings is 1. The average molecular weight is 251 g/mol. The van der Waals surface area contributed by atoms with Gasteiger partial charge < -0.3 is 15.5 Å². The molecule has 0 saturated carbocycles. The fourth-order valence-corrected chi connectivity index (χ4v) is 2.54. The highest BCUT2D eigenvalue weighted by molar-refractivity contribution is 5.55. The van der Waals surface area contributed by atoms with Gasteiger partial charge >= 0.3 is 0 Å². The van der Waals surface area contributed by atoms with Crippen LogP contribution in [-0.4, -0.2) is 44.7 Å². The normalized spacial score (nSPS) is 17.8. The largest absolute Gasteiger partial charge is 0.368 e. The van der Waals surface area contributed by atoms with Crippen LogP contribution in [-0.2, 0) is 6.42 Å². The van der Waals surface area contributed by atoms with E-state index in [2.05, 4.69) is 16.8 Å². The smallest absolute Gasteiger partial charge is 0.146 e. The van der Waals surface area contributed by atoms with E-state index in [0.717, 1.165) is 50.3 Å². The summed E-state index contributed by atoms with van der Waals surface area (Å²) in [6.07, 6.45) is 1.81. The van der Waals surface area contributed by atoms with Gasteiger partial charge in [-0.3, -0.25) is 0 Å². The number of anilines is 1. The molecule has 0 aromatic heterocycles. The molecule has 2 N–H and O–H groups in total. The molecule has 0 unspecified atom stereocenters. The molecule has 1 heterocycles. The van der Waals surface area contributed by atoms with Crippen molar-refractivity contribution in [1.29, 1.82) is 0 Å². The fourth-order valence-electron chi connectivity index (χ4n) is 2.54. The molecule has 1 aromatic carbocycles. The van der Waals surface area contributed by atoms with Crippen molar-refractivity contribution in [1.82, 2.24) is 4.90 Å². The second-order valence-corrected chi connectivity index (χ2v) is 4.93. The van der Waals surface area contributed by atoms with Crippen molar-refractivity contribution in [3.63, 3.8) is 0 Å². The molecule has 1 aromatic rings. The molecule has 18 heavy (non-hydrogen) atoms. The van der Waals surface area contributed by atoms with E-state index in [9.17, 15) is 4.39 Å². The second kappa shape index (κ2) is 6.16. The van der Waals surface area contributed by atoms with Crippen molar-refractivity contribution in [3.05, 3.63) is 29.6 Å². The Labute approximate surface area is 108 Å². The Morgan fingerprint density at radius 3 is 2.83 bits per heavy atom. The van der Waals surface area contributed by atoms with Crippen molar-refractivity contribution in [2.75, 3.05) is 44.7 Å². The van der Waals surface area contributed by atoms with Crippen molar-refractivity contribution in [3.8, 4) is 0 Å². The van der Waals surface area contributed by atoms with E-state index in [1.807, 2.05) is 6.07 Å². The van der Waals surface area contributed by atoms with Crippen LogP contribution in [0.2, 0.25) is 0 Å². The lowest BCUT2D eigenvalue weighted by molar-refractivity contribution is 0.360. The van der Waals surface area contributed by atoms with E-state index in [0.29, 0.717) is 6.54 Å². The van der Waals surface area contributed by atoms with Crippen LogP contribution in [0.3, 0.4) is 0 Å². The molecular weight excluding hydrogens is 229 g/mol. The molecule has 0 amide bonds. The predicted molar refractivity (Wildman–Crippen MR) is 73.5 cm³/mol. The van der Waals surface area contributed by atoms with E-state index < -0.39 is 0 Å². The van der Waals surface area contributed by atoms with Crippen LogP contribution in [0, 0.1) is 5.82 Å². The summed E-state index contributed by atoms with van der Waals surface area (Å²) < 4.78 is 14.1. The van der Waals surface area contributed by atoms with Crippen molar-refractivity contribution in [2.24, 2.45) is 5.73 Å². The number of para-hydroxylation sites is 1. The van der Waals surface area contributed by atoms with E-state index in [1.165, 1.54) is 0 Å². The number of nitrogens with two attached hydrogens (primary N) is 1. The van der Waals surface area contributed by atoms with Gasteiger partial charge in [-0.25, -0.2) is 4.39 Å². The lowest BCUT2D eigenvalue weighted by atomic mass is 10.1. The minimum Gasteiger partial charge on any atom is -0.368 e. The molecule has 0 aliphatic carbocycles. The van der Waals surface area contributed by atoms with Gasteiger partial charge in [-0.1, -0.05) is 12.1 Å². The summed E-state index contributed by atoms with van der Waals surface area (Å²) in [7, 11) is 2.12. The summed E-state index contributed by atoms with van der Waals surface area (Å²) >= 11 is 0. The lowest BCUT2D eigenvalue weighted by Gasteiger charge is -2.26. The van der Waals surface area contributed by atoms with Gasteiger partial charge in [0, 0.05) is 19.6 Å². The Morgan fingerprint density at radius 1 is 1.22 bits per heavy atom. The molecule has 0 radical (unpaired) electrons. The molecule has 1 fully saturated rings. The van der Waals surface area contributed by atoms with Crippen LogP contribution in [0.1, 0.15) is 12.0 Å². The number of halogens is 1. The van der Waals surface area contributed by atoms with Crippen LogP contribution in [0.15, 0.2) is 18.2 Å². The Morgan fingerprint density at radius 2 is 2.06 bits per heavy atom. The first-order valence-corrected chi connectivity index (χ1v) is 6.63. The summed E-state index contributed by atoms with van der Waals surface area (Å²) in [6.45, 7) is 4.43. The minimum absolute atomic E-state index is 0.120. The zero-order valence-corrected chi connectivity index (χ0v) is 11.0. The van der Waals surface area contributed by atoms with Crippen molar-refractivity contribution >= 4 is 5.69 Å². The van der Waals surface area contributed by atoms with Crippen LogP contribution in [0.4, 0.5) is 10.1 Å². The van der Waals surface area contributed by atoms with E-state index in [-0.39, 0.29) is 5.82 Å². The van der Waals surface area contributed by atoms with Gasteiger partial charge in [0.2, 0.25) is 0 Å². The summed E-state index contributed by atoms with van der Waals surface area (Å²) in [4.78, 5) is 4.47. The number of likely N-dealkylation sites (N-methyl/N-ethyl adjacent to an activating group) is 1. The van der Waals surface area contributed by atoms with Gasteiger partial charge in [0.05, 0.1) is 5.69 Å². The van der Waals surface area contributed by atoms with E-state index >= 15 is 0 Å². The maximum absolute atomic E-state index is 14.1. The molecule has 1 aliphatic heterocycles. The van der Waals surface area contributed by atoms with Crippen LogP contribution < -0.4 is 10.6 Å². The fraction of sp³-hybridized carbons (Fsp3) is 0.571. The van der Waals surface area contributed by atoms with Gasteiger partial charge in [0.1, 0.15) is 5.82 Å². The number of hydrogen-bond donors (Lipinski definition) is 1. The first-order chi connectivity index (χ1) is 8.72. The SMILES string of the molecule is CN1CCCN(c2c(F)cccc2CCN)CC1. The average Bonchev–Trinajstić information content (AvgIpc) is 2.55. The third-order valence-electron chi connectivity index (χ3n) is 3.52. The Bertz CT molecular complexity index is 395. The second-order valence-electron chi connectivity index (χ2n) is 4.93. The maximum atomic E-state index is 14.1. The number of hydrogen-bond acceptors (Lipinski definition) is 3. The molecule has 0 atom stereocenters. The first-order valence-electron chi connectivity index (χ1n) is 6.63. The summed E-state index contributed by atoms with van der Waals surface area (Å²) in [5, 5.41) is 0. The van der Waals surface area contributed by atoms with Crippen LogP contribution in [0.25, 0.3) is 0 Å². The Kier molecular flexibility index (Phi) is 4.55. The van der Waals surface area contributed by atoms with Crippen LogP contribution in [0.5, 0.6) is 0 Å². The molecule has 100 valence electrons. The first kappa shape index (κ1) is 13.3. The van der Waals surface area contributed by atoms with E-state index in [1.54, 1.807) is 12.1 Å². The monoisotopic (exact) mass is 251 g/mol. The molecule has 1 aliphatic rings. The topological polar surface area (TPSA) is 32.5 Å². The number of nitrogens with zero attached hydrogens (tertiary/aromatic N) is 2. The van der Waals surface area contributed by atoms with Crippen molar-refractivity contribution < 1.29 is 4.39 Å². The molecule has 1 saturated heterocycles. The highest BCUT2D eigenvalue weighted by Gasteiger charge is 2.18. The molecule has 0 spiro atoms. The predicted octanol–water partition coefficient (Wildman–Crippen LogP) is 1.47. The standard InChI is InChI=1S/C14H22FN3/c1-17-8-3-9-18(11-10-17)14-12(6-7-16)4-2-5-13(14)15/h2,4-5H,3,6-11,16H2,1H3. The third kappa shape index (κ3) is 3.00. The van der Waals surface area contributed by atoms with Crippen molar-refractivity contribution in [2.45, 2.75) is 12.8 Å². The summed E-state index contributed by atoms with van der Waals surface area (Å²) in [6, 6.07) is 5.30. The molecule has 4 heteroatoms. The minimum atomic E-state index is -0.120. The van der Waals surface area contributed by atoms with Gasteiger partial charge in [-0.05, 0) is 44.6 Å². The van der Waals surface area contributed by atoms with Crippen LogP contribution >= 0.6 is 0 Å². The lowest BCUT2D eigenvalue weighted by Crippen LogP contribution is -2.30. The van der Waals surface area contributed by atoms with Gasteiger partial charge in [-0.15, -0.1) is 0 Å². The van der Waals surface area contributed by atoms with Gasteiger partial charge in [0.15, 0.2) is 0 Å². The maximum Gasteiger partial charge on any atom is 0.146 e.